The number of nitrogens with zero attached hydrogens (tertiary/aromatic N) is 3. The normalized spacial score (nSPS) is 18.3. The van der Waals surface area contributed by atoms with Crippen LogP contribution in [0.15, 0.2) is 72.8 Å². The Balaban J connectivity index is 1.57. The minimum atomic E-state index is -1.12. The molecule has 2 aliphatic heterocycles. The number of carbonyl (C=O) groups excluding carboxylic acids is 4. The Labute approximate surface area is 211 Å². The maximum absolute atomic E-state index is 13.8. The van der Waals surface area contributed by atoms with Crippen molar-refractivity contribution >= 4 is 29.2 Å². The van der Waals surface area contributed by atoms with E-state index in [9.17, 15) is 29.3 Å². The van der Waals surface area contributed by atoms with E-state index in [-0.39, 0.29) is 53.4 Å². The summed E-state index contributed by atoms with van der Waals surface area (Å²) in [4.78, 5) is 67.3. The smallest absolute Gasteiger partial charge is 0.269 e. The van der Waals surface area contributed by atoms with Gasteiger partial charge in [-0.15, -0.1) is 0 Å². The third-order valence-electron chi connectivity index (χ3n) is 6.58. The first-order valence-electron chi connectivity index (χ1n) is 11.7. The molecule has 2 aliphatic rings. The van der Waals surface area contributed by atoms with Crippen LogP contribution in [0, 0.1) is 10.1 Å². The lowest BCUT2D eigenvalue weighted by Gasteiger charge is -2.37. The van der Waals surface area contributed by atoms with Gasteiger partial charge in [-0.25, -0.2) is 0 Å². The van der Waals surface area contributed by atoms with E-state index in [2.05, 4.69) is 5.32 Å². The lowest BCUT2D eigenvalue weighted by atomic mass is 9.90. The van der Waals surface area contributed by atoms with Gasteiger partial charge in [-0.2, -0.15) is 0 Å². The number of amides is 3. The van der Waals surface area contributed by atoms with Crippen molar-refractivity contribution in [2.75, 3.05) is 19.6 Å². The summed E-state index contributed by atoms with van der Waals surface area (Å²) in [5.74, 6) is -2.15. The predicted molar refractivity (Wildman–Crippen MR) is 132 cm³/mol. The predicted octanol–water partition coefficient (Wildman–Crippen LogP) is 2.69. The number of Topliss-reactive ketones (excluding diaryl/α,β-unsaturated/α-hetero) is 1. The van der Waals surface area contributed by atoms with Crippen molar-refractivity contribution in [1.82, 2.24) is 15.1 Å². The van der Waals surface area contributed by atoms with Crippen LogP contribution in [-0.2, 0) is 6.54 Å². The monoisotopic (exact) mass is 498 g/mol. The van der Waals surface area contributed by atoms with Crippen LogP contribution in [0.2, 0.25) is 0 Å². The first kappa shape index (κ1) is 24.0. The van der Waals surface area contributed by atoms with Crippen LogP contribution in [0.25, 0.3) is 0 Å². The molecule has 0 radical (unpaired) electrons. The quantitative estimate of drug-likeness (QED) is 0.334. The van der Waals surface area contributed by atoms with Crippen LogP contribution in [0.1, 0.15) is 47.0 Å². The third-order valence-corrected chi connectivity index (χ3v) is 6.58. The SMILES string of the molecule is O=C1NCCN(Cc2ccc([N+](=O)[O-])cc2)CC2C(=O)c3ccccc3C(=O)N2C(=O)c2ccccc21. The van der Waals surface area contributed by atoms with Crippen LogP contribution >= 0.6 is 0 Å². The molecule has 186 valence electrons. The third kappa shape index (κ3) is 4.50. The highest BCUT2D eigenvalue weighted by Crippen LogP contribution is 2.27. The van der Waals surface area contributed by atoms with Crippen molar-refractivity contribution in [3.63, 3.8) is 0 Å². The largest absolute Gasteiger partial charge is 0.351 e. The number of fused-ring (bicyclic) bond motifs is 3. The first-order chi connectivity index (χ1) is 17.8. The van der Waals surface area contributed by atoms with Crippen LogP contribution in [0.4, 0.5) is 5.69 Å². The van der Waals surface area contributed by atoms with E-state index in [1.54, 1.807) is 42.5 Å². The Hall–Kier alpha value is -4.70. The molecule has 3 aromatic carbocycles. The van der Waals surface area contributed by atoms with Crippen LogP contribution in [0.5, 0.6) is 0 Å². The zero-order chi connectivity index (χ0) is 26.1. The Morgan fingerprint density at radius 3 is 2.00 bits per heavy atom. The number of carbonyl (C=O) groups is 4. The van der Waals surface area contributed by atoms with E-state index in [0.717, 1.165) is 10.5 Å². The van der Waals surface area contributed by atoms with Crippen molar-refractivity contribution in [2.45, 2.75) is 12.6 Å². The van der Waals surface area contributed by atoms with Crippen molar-refractivity contribution in [2.24, 2.45) is 0 Å². The molecule has 1 N–H and O–H groups in total. The summed E-state index contributed by atoms with van der Waals surface area (Å²) < 4.78 is 0. The molecule has 10 nitrogen and oxygen atoms in total. The number of hydrogen-bond donors (Lipinski definition) is 1. The van der Waals surface area contributed by atoms with Crippen LogP contribution in [0.3, 0.4) is 0 Å². The average Bonchev–Trinajstić information content (AvgIpc) is 2.93. The molecule has 37 heavy (non-hydrogen) atoms. The first-order valence-corrected chi connectivity index (χ1v) is 11.7. The minimum Gasteiger partial charge on any atom is -0.351 e. The molecule has 0 saturated heterocycles. The molecule has 3 amide bonds. The summed E-state index contributed by atoms with van der Waals surface area (Å²) in [6.45, 7) is 0.842. The van der Waals surface area contributed by atoms with Crippen molar-refractivity contribution < 1.29 is 24.1 Å². The highest BCUT2D eigenvalue weighted by Gasteiger charge is 2.44. The maximum atomic E-state index is 13.8. The van der Waals surface area contributed by atoms with E-state index in [1.165, 1.54) is 30.3 Å². The number of imide groups is 1. The lowest BCUT2D eigenvalue weighted by Crippen LogP contribution is -2.57. The zero-order valence-electron chi connectivity index (χ0n) is 19.6. The van der Waals surface area contributed by atoms with Crippen molar-refractivity contribution in [3.8, 4) is 0 Å². The molecule has 0 fully saturated rings. The molecular weight excluding hydrogens is 476 g/mol. The summed E-state index contributed by atoms with van der Waals surface area (Å²) >= 11 is 0. The second kappa shape index (κ2) is 9.75. The topological polar surface area (TPSA) is 130 Å². The highest BCUT2D eigenvalue weighted by atomic mass is 16.6. The van der Waals surface area contributed by atoms with Crippen molar-refractivity contribution in [1.29, 1.82) is 0 Å². The second-order valence-corrected chi connectivity index (χ2v) is 8.87. The van der Waals surface area contributed by atoms with Gasteiger partial charge in [0.2, 0.25) is 0 Å². The Kier molecular flexibility index (Phi) is 6.33. The van der Waals surface area contributed by atoms with Crippen LogP contribution in [-0.4, -0.2) is 63.9 Å². The fourth-order valence-electron chi connectivity index (χ4n) is 4.73. The van der Waals surface area contributed by atoms with Crippen molar-refractivity contribution in [3.05, 3.63) is 111 Å². The minimum absolute atomic E-state index is 0.0275. The Morgan fingerprint density at radius 2 is 1.38 bits per heavy atom. The summed E-state index contributed by atoms with van der Waals surface area (Å²) in [5.41, 5.74) is 1.23. The van der Waals surface area contributed by atoms with E-state index < -0.39 is 28.7 Å². The molecule has 0 bridgehead atoms. The van der Waals surface area contributed by atoms with Gasteiger partial charge in [-0.05, 0) is 23.8 Å². The molecule has 5 rings (SSSR count). The molecular formula is C27H22N4O6. The Morgan fingerprint density at radius 1 is 0.811 bits per heavy atom. The van der Waals surface area contributed by atoms with E-state index >= 15 is 0 Å². The van der Waals surface area contributed by atoms with Gasteiger partial charge in [0.25, 0.3) is 23.4 Å². The van der Waals surface area contributed by atoms with Gasteiger partial charge in [-0.1, -0.05) is 42.5 Å². The molecule has 0 aliphatic carbocycles. The van der Waals surface area contributed by atoms with Gasteiger partial charge >= 0.3 is 0 Å². The molecule has 0 saturated carbocycles. The fourth-order valence-corrected chi connectivity index (χ4v) is 4.73. The zero-order valence-corrected chi connectivity index (χ0v) is 19.6. The second-order valence-electron chi connectivity index (χ2n) is 8.87. The molecule has 1 atom stereocenters. The number of non-ortho nitro benzene ring substituents is 1. The molecule has 2 heterocycles. The average molecular weight is 498 g/mol. The maximum Gasteiger partial charge on any atom is 0.269 e. The Bertz CT molecular complexity index is 1430. The molecule has 3 aromatic rings. The number of rotatable bonds is 3. The van der Waals surface area contributed by atoms with E-state index in [1.807, 2.05) is 4.90 Å². The van der Waals surface area contributed by atoms with Gasteiger partial charge in [0, 0.05) is 43.9 Å². The number of nitrogens with one attached hydrogen (secondary N) is 1. The van der Waals surface area contributed by atoms with Gasteiger partial charge in [0.15, 0.2) is 5.78 Å². The van der Waals surface area contributed by atoms with Gasteiger partial charge in [0.1, 0.15) is 6.04 Å². The molecule has 1 unspecified atom stereocenters. The molecule has 0 spiro atoms. The summed E-state index contributed by atoms with van der Waals surface area (Å²) in [5, 5.41) is 13.8. The molecule has 10 heteroatoms. The number of ketones is 1. The molecule has 0 aromatic heterocycles. The van der Waals surface area contributed by atoms with Gasteiger partial charge in [-0.3, -0.25) is 39.1 Å². The van der Waals surface area contributed by atoms with E-state index in [0.29, 0.717) is 6.54 Å². The van der Waals surface area contributed by atoms with Crippen LogP contribution < -0.4 is 5.32 Å². The highest BCUT2D eigenvalue weighted by molar-refractivity contribution is 6.23. The number of benzene rings is 3. The summed E-state index contributed by atoms with van der Waals surface area (Å²) in [7, 11) is 0. The summed E-state index contributed by atoms with van der Waals surface area (Å²) in [6, 6.07) is 17.5. The standard InChI is InChI=1S/C27H22N4O6/c32-24-19-5-1-3-7-21(19)26(34)30-23(24)16-29(15-17-9-11-18(12-10-17)31(36)37)14-13-28-25(33)20-6-2-4-8-22(20)27(30)35/h1-12,23H,13-16H2,(H,28,33). The van der Waals surface area contributed by atoms with E-state index in [4.69, 9.17) is 0 Å². The number of hydrogen-bond acceptors (Lipinski definition) is 7. The number of nitro groups is 1. The summed E-state index contributed by atoms with van der Waals surface area (Å²) in [6.07, 6.45) is 0. The van der Waals surface area contributed by atoms with Gasteiger partial charge < -0.3 is 5.32 Å². The fraction of sp³-hybridized carbons (Fsp3) is 0.185. The van der Waals surface area contributed by atoms with Gasteiger partial charge in [0.05, 0.1) is 21.6 Å². The lowest BCUT2D eigenvalue weighted by molar-refractivity contribution is -0.384. The number of nitro benzene ring substituents is 1.